The second-order valence-corrected chi connectivity index (χ2v) is 8.64. The van der Waals surface area contributed by atoms with E-state index in [0.29, 0.717) is 18.0 Å². The molecule has 0 aliphatic rings. The van der Waals surface area contributed by atoms with Gasteiger partial charge in [0.2, 0.25) is 5.91 Å². The number of rotatable bonds is 6. The van der Waals surface area contributed by atoms with Crippen LogP contribution in [0.25, 0.3) is 10.2 Å². The number of hydrogen-bond acceptors (Lipinski definition) is 5. The Morgan fingerprint density at radius 1 is 1.14 bits per heavy atom. The normalized spacial score (nSPS) is 11.5. The number of fused-ring (bicyclic) bond motifs is 1. The molecule has 1 N–H and O–H groups in total. The molecule has 2 aromatic heterocycles. The Hall–Kier alpha value is -2.54. The Morgan fingerprint density at radius 2 is 1.82 bits per heavy atom. The van der Waals surface area contributed by atoms with E-state index in [2.05, 4.69) is 41.4 Å². The summed E-state index contributed by atoms with van der Waals surface area (Å²) in [6.45, 7) is 10.5. The lowest BCUT2D eigenvalue weighted by Gasteiger charge is -2.09. The number of carbonyl (C=O) groups excluding carboxylic acids is 1. The van der Waals surface area contributed by atoms with Crippen molar-refractivity contribution in [1.29, 1.82) is 0 Å². The van der Waals surface area contributed by atoms with E-state index in [-0.39, 0.29) is 23.9 Å². The molecule has 28 heavy (non-hydrogen) atoms. The predicted molar refractivity (Wildman–Crippen MR) is 113 cm³/mol. The Kier molecular flexibility index (Phi) is 5.93. The third-order valence-electron chi connectivity index (χ3n) is 4.60. The molecule has 1 aromatic carbocycles. The van der Waals surface area contributed by atoms with E-state index >= 15 is 0 Å². The van der Waals surface area contributed by atoms with Crippen LogP contribution in [0.15, 0.2) is 29.1 Å². The molecule has 0 atom stereocenters. The number of aromatic nitrogens is 3. The summed E-state index contributed by atoms with van der Waals surface area (Å²) in [6.07, 6.45) is 0. The van der Waals surface area contributed by atoms with Gasteiger partial charge in [-0.1, -0.05) is 52.0 Å². The molecule has 7 heteroatoms. The fourth-order valence-electron chi connectivity index (χ4n) is 2.89. The molecule has 0 saturated carbocycles. The number of thiazole rings is 1. The van der Waals surface area contributed by atoms with Crippen LogP contribution < -0.4 is 10.9 Å². The molecule has 0 radical (unpaired) electrons. The zero-order valence-electron chi connectivity index (χ0n) is 16.9. The van der Waals surface area contributed by atoms with Crippen molar-refractivity contribution in [1.82, 2.24) is 20.1 Å². The largest absolute Gasteiger partial charge is 0.350 e. The summed E-state index contributed by atoms with van der Waals surface area (Å²) in [4.78, 5) is 29.5. The molecule has 6 nitrogen and oxygen atoms in total. The lowest BCUT2D eigenvalue weighted by molar-refractivity contribution is -0.122. The first-order valence-electron chi connectivity index (χ1n) is 9.50. The highest BCUT2D eigenvalue weighted by Crippen LogP contribution is 2.26. The van der Waals surface area contributed by atoms with E-state index in [1.165, 1.54) is 21.6 Å². The molecule has 3 aromatic rings. The number of hydrogen-bond donors (Lipinski definition) is 1. The summed E-state index contributed by atoms with van der Waals surface area (Å²) < 4.78 is 2.01. The van der Waals surface area contributed by atoms with E-state index in [1.807, 2.05) is 32.9 Å². The van der Waals surface area contributed by atoms with E-state index in [1.54, 1.807) is 0 Å². The van der Waals surface area contributed by atoms with Crippen molar-refractivity contribution in [2.45, 2.75) is 59.5 Å². The summed E-state index contributed by atoms with van der Waals surface area (Å²) in [5.41, 5.74) is 3.08. The second-order valence-electron chi connectivity index (χ2n) is 7.61. The van der Waals surface area contributed by atoms with Gasteiger partial charge < -0.3 is 5.32 Å². The van der Waals surface area contributed by atoms with Gasteiger partial charge in [0.1, 0.15) is 6.54 Å². The molecule has 0 spiro atoms. The summed E-state index contributed by atoms with van der Waals surface area (Å²) >= 11 is 1.50. The SMILES string of the molecule is Cc1nn(CC(=O)NCc2ccc(C(C)C)cc2)c(=O)c2nc(C(C)C)sc12. The Labute approximate surface area is 168 Å². The molecule has 0 saturated heterocycles. The number of benzene rings is 1. The topological polar surface area (TPSA) is 76.9 Å². The van der Waals surface area contributed by atoms with E-state index in [4.69, 9.17) is 0 Å². The molecule has 1 amide bonds. The Morgan fingerprint density at radius 3 is 2.43 bits per heavy atom. The maximum Gasteiger partial charge on any atom is 0.294 e. The Balaban J connectivity index is 1.72. The monoisotopic (exact) mass is 398 g/mol. The highest BCUT2D eigenvalue weighted by molar-refractivity contribution is 7.18. The first-order chi connectivity index (χ1) is 13.3. The minimum absolute atomic E-state index is 0.117. The molecule has 0 aliphatic carbocycles. The summed E-state index contributed by atoms with van der Waals surface area (Å²) in [5.74, 6) is 0.470. The van der Waals surface area contributed by atoms with Gasteiger partial charge in [-0.3, -0.25) is 9.59 Å². The lowest BCUT2D eigenvalue weighted by Crippen LogP contribution is -2.33. The maximum absolute atomic E-state index is 12.7. The van der Waals surface area contributed by atoms with Crippen molar-refractivity contribution in [3.05, 3.63) is 56.4 Å². The quantitative estimate of drug-likeness (QED) is 0.686. The van der Waals surface area contributed by atoms with Crippen LogP contribution in [-0.2, 0) is 17.9 Å². The van der Waals surface area contributed by atoms with Crippen molar-refractivity contribution >= 4 is 27.5 Å². The van der Waals surface area contributed by atoms with Crippen LogP contribution in [0, 0.1) is 6.92 Å². The number of aryl methyl sites for hydroxylation is 1. The first-order valence-corrected chi connectivity index (χ1v) is 10.3. The van der Waals surface area contributed by atoms with Gasteiger partial charge in [-0.2, -0.15) is 5.10 Å². The zero-order chi connectivity index (χ0) is 20.4. The summed E-state index contributed by atoms with van der Waals surface area (Å²) in [7, 11) is 0. The van der Waals surface area contributed by atoms with E-state index < -0.39 is 0 Å². The molecular formula is C21H26N4O2S. The number of nitrogens with one attached hydrogen (secondary N) is 1. The van der Waals surface area contributed by atoms with Gasteiger partial charge in [-0.05, 0) is 24.0 Å². The molecule has 148 valence electrons. The Bertz CT molecular complexity index is 1050. The average molecular weight is 399 g/mol. The summed E-state index contributed by atoms with van der Waals surface area (Å²) in [5, 5.41) is 8.08. The smallest absolute Gasteiger partial charge is 0.294 e. The predicted octanol–water partition coefficient (Wildman–Crippen LogP) is 3.72. The van der Waals surface area contributed by atoms with Gasteiger partial charge in [-0.15, -0.1) is 11.3 Å². The van der Waals surface area contributed by atoms with Crippen LogP contribution in [0.5, 0.6) is 0 Å². The van der Waals surface area contributed by atoms with Crippen LogP contribution >= 0.6 is 11.3 Å². The van der Waals surface area contributed by atoms with Crippen molar-refractivity contribution in [3.63, 3.8) is 0 Å². The molecule has 0 aliphatic heterocycles. The average Bonchev–Trinajstić information content (AvgIpc) is 3.11. The van der Waals surface area contributed by atoms with Crippen molar-refractivity contribution in [3.8, 4) is 0 Å². The molecule has 0 fully saturated rings. The fourth-order valence-corrected chi connectivity index (χ4v) is 3.89. The maximum atomic E-state index is 12.7. The number of amides is 1. The molecule has 0 unspecified atom stereocenters. The third-order valence-corrected chi connectivity index (χ3v) is 6.07. The summed E-state index contributed by atoms with van der Waals surface area (Å²) in [6, 6.07) is 8.17. The third kappa shape index (κ3) is 4.30. The van der Waals surface area contributed by atoms with Crippen LogP contribution in [0.4, 0.5) is 0 Å². The lowest BCUT2D eigenvalue weighted by atomic mass is 10.0. The van der Waals surface area contributed by atoms with Gasteiger partial charge in [0, 0.05) is 12.5 Å². The van der Waals surface area contributed by atoms with E-state index in [0.717, 1.165) is 21.0 Å². The first kappa shape index (κ1) is 20.2. The van der Waals surface area contributed by atoms with E-state index in [9.17, 15) is 9.59 Å². The van der Waals surface area contributed by atoms with Crippen molar-refractivity contribution < 1.29 is 4.79 Å². The van der Waals surface area contributed by atoms with Crippen molar-refractivity contribution in [2.24, 2.45) is 0 Å². The standard InChI is InChI=1S/C21H26N4O2S/c1-12(2)16-8-6-15(7-9-16)10-22-17(26)11-25-21(27)18-19(14(5)24-25)28-20(23-18)13(3)4/h6-9,12-13H,10-11H2,1-5H3,(H,22,26). The van der Waals surface area contributed by atoms with Gasteiger partial charge >= 0.3 is 0 Å². The van der Waals surface area contributed by atoms with Gasteiger partial charge in [-0.25, -0.2) is 9.67 Å². The second kappa shape index (κ2) is 8.22. The molecule has 2 heterocycles. The van der Waals surface area contributed by atoms with Crippen LogP contribution in [0.3, 0.4) is 0 Å². The molecular weight excluding hydrogens is 372 g/mol. The van der Waals surface area contributed by atoms with Gasteiger partial charge in [0.15, 0.2) is 5.52 Å². The minimum Gasteiger partial charge on any atom is -0.350 e. The highest BCUT2D eigenvalue weighted by Gasteiger charge is 2.16. The zero-order valence-corrected chi connectivity index (χ0v) is 17.8. The highest BCUT2D eigenvalue weighted by atomic mass is 32.1. The van der Waals surface area contributed by atoms with Crippen LogP contribution in [-0.4, -0.2) is 20.7 Å². The van der Waals surface area contributed by atoms with Crippen molar-refractivity contribution in [2.75, 3.05) is 0 Å². The minimum atomic E-state index is -0.319. The fraction of sp³-hybridized carbons (Fsp3) is 0.429. The molecule has 3 rings (SSSR count). The molecule has 0 bridgehead atoms. The van der Waals surface area contributed by atoms with Gasteiger partial charge in [0.25, 0.3) is 5.56 Å². The number of nitrogens with zero attached hydrogens (tertiary/aromatic N) is 3. The van der Waals surface area contributed by atoms with Gasteiger partial charge in [0.05, 0.1) is 15.4 Å². The number of carbonyl (C=O) groups is 1. The van der Waals surface area contributed by atoms with Crippen LogP contribution in [0.2, 0.25) is 0 Å². The van der Waals surface area contributed by atoms with Crippen LogP contribution in [0.1, 0.15) is 61.4 Å².